The minimum Gasteiger partial charge on any atom is -0.478 e. The summed E-state index contributed by atoms with van der Waals surface area (Å²) in [7, 11) is 0. The van der Waals surface area contributed by atoms with Crippen LogP contribution in [0.4, 0.5) is 0 Å². The summed E-state index contributed by atoms with van der Waals surface area (Å²) in [6, 6.07) is 28.7. The van der Waals surface area contributed by atoms with Crippen molar-refractivity contribution in [1.29, 1.82) is 0 Å². The molecule has 0 saturated carbocycles. The lowest BCUT2D eigenvalue weighted by Gasteiger charge is -2.29. The van der Waals surface area contributed by atoms with E-state index in [4.69, 9.17) is 14.2 Å². The number of hydrogen-bond acceptors (Lipinski definition) is 5. The lowest BCUT2D eigenvalue weighted by molar-refractivity contribution is -0.135. The van der Waals surface area contributed by atoms with Crippen LogP contribution < -0.4 is 0 Å². The molecule has 0 aromatic heterocycles. The number of carboxylic acids is 1. The first-order chi connectivity index (χ1) is 16.6. The smallest absolute Gasteiger partial charge is 0.328 e. The van der Waals surface area contributed by atoms with Crippen molar-refractivity contribution in [3.05, 3.63) is 120 Å². The summed E-state index contributed by atoms with van der Waals surface area (Å²) in [6.07, 6.45) is -0.301. The van der Waals surface area contributed by atoms with Gasteiger partial charge in [-0.25, -0.2) is 4.79 Å². The second-order valence-electron chi connectivity index (χ2n) is 7.79. The highest BCUT2D eigenvalue weighted by Gasteiger charge is 2.29. The minimum atomic E-state index is -1.11. The van der Waals surface area contributed by atoms with Crippen LogP contribution in [-0.2, 0) is 38.8 Å². The summed E-state index contributed by atoms with van der Waals surface area (Å²) >= 11 is 0. The molecule has 0 fully saturated rings. The number of aliphatic carboxylic acids is 1. The number of rotatable bonds is 14. The molecule has 0 heterocycles. The first-order valence-corrected chi connectivity index (χ1v) is 11.1. The van der Waals surface area contributed by atoms with Crippen molar-refractivity contribution in [3.8, 4) is 0 Å². The molecule has 0 amide bonds. The Kier molecular flexibility index (Phi) is 10.5. The molecule has 0 aliphatic carbocycles. The van der Waals surface area contributed by atoms with Crippen LogP contribution in [0.5, 0.6) is 0 Å². The van der Waals surface area contributed by atoms with Crippen LogP contribution in [0.3, 0.4) is 0 Å². The van der Waals surface area contributed by atoms with Gasteiger partial charge in [0.25, 0.3) is 0 Å². The third-order valence-electron chi connectivity index (χ3n) is 5.10. The fraction of sp³-hybridized carbons (Fsp3) is 0.250. The average Bonchev–Trinajstić information content (AvgIpc) is 2.87. The lowest BCUT2D eigenvalue weighted by Crippen LogP contribution is -2.42. The molecule has 6 nitrogen and oxygen atoms in total. The Morgan fingerprint density at radius 2 is 1.21 bits per heavy atom. The van der Waals surface area contributed by atoms with Gasteiger partial charge in [0.1, 0.15) is 18.3 Å². The summed E-state index contributed by atoms with van der Waals surface area (Å²) < 4.78 is 17.8. The lowest BCUT2D eigenvalue weighted by atomic mass is 10.1. The van der Waals surface area contributed by atoms with E-state index in [1.54, 1.807) is 0 Å². The van der Waals surface area contributed by atoms with Gasteiger partial charge in [-0.2, -0.15) is 0 Å². The second kappa shape index (κ2) is 14.1. The van der Waals surface area contributed by atoms with Gasteiger partial charge >= 0.3 is 5.97 Å². The standard InChI is InChI=1S/C28H30O6/c29-25(21-32-18-22-10-4-1-5-11-22)28(34-20-24-14-8-3-9-15-24)26(16-17-27(30)31)33-19-23-12-6-2-7-13-23/h1-17,25-26,28-29H,18-21H2,(H,30,31)/b17-16+/t25-,26-,28-/m1/s1. The summed E-state index contributed by atoms with van der Waals surface area (Å²) in [5, 5.41) is 20.2. The van der Waals surface area contributed by atoms with E-state index < -0.39 is 24.3 Å². The molecule has 2 N–H and O–H groups in total. The first-order valence-electron chi connectivity index (χ1n) is 11.1. The van der Waals surface area contributed by atoms with Crippen molar-refractivity contribution in [1.82, 2.24) is 0 Å². The van der Waals surface area contributed by atoms with Crippen molar-refractivity contribution in [2.24, 2.45) is 0 Å². The molecule has 3 atom stereocenters. The SMILES string of the molecule is O=C(O)/C=C/[C@@H](OCc1ccccc1)[C@H](OCc1ccccc1)[C@H](O)COCc1ccccc1. The molecule has 3 aromatic rings. The molecular weight excluding hydrogens is 432 g/mol. The van der Waals surface area contributed by atoms with E-state index in [-0.39, 0.29) is 19.8 Å². The predicted molar refractivity (Wildman–Crippen MR) is 129 cm³/mol. The molecule has 34 heavy (non-hydrogen) atoms. The van der Waals surface area contributed by atoms with Gasteiger partial charge in [0.05, 0.1) is 26.4 Å². The third-order valence-corrected chi connectivity index (χ3v) is 5.10. The van der Waals surface area contributed by atoms with E-state index in [1.807, 2.05) is 91.0 Å². The Labute approximate surface area is 200 Å². The maximum Gasteiger partial charge on any atom is 0.328 e. The van der Waals surface area contributed by atoms with Crippen molar-refractivity contribution in [2.75, 3.05) is 6.61 Å². The number of hydrogen-bond donors (Lipinski definition) is 2. The largest absolute Gasteiger partial charge is 0.478 e. The highest BCUT2D eigenvalue weighted by atomic mass is 16.6. The molecule has 3 aromatic carbocycles. The highest BCUT2D eigenvalue weighted by Crippen LogP contribution is 2.17. The van der Waals surface area contributed by atoms with E-state index >= 15 is 0 Å². The molecule has 0 unspecified atom stereocenters. The third kappa shape index (κ3) is 8.92. The molecule has 178 valence electrons. The van der Waals surface area contributed by atoms with Crippen LogP contribution >= 0.6 is 0 Å². The normalized spacial score (nSPS) is 14.0. The summed E-state index contributed by atoms with van der Waals surface area (Å²) in [5.41, 5.74) is 2.83. The van der Waals surface area contributed by atoms with Crippen LogP contribution in [0, 0.1) is 0 Å². The summed E-state index contributed by atoms with van der Waals surface area (Å²) in [6.45, 7) is 0.801. The molecule has 6 heteroatoms. The van der Waals surface area contributed by atoms with Gasteiger partial charge in [0.15, 0.2) is 0 Å². The van der Waals surface area contributed by atoms with Crippen LogP contribution in [0.1, 0.15) is 16.7 Å². The van der Waals surface area contributed by atoms with Gasteiger partial charge in [-0.3, -0.25) is 0 Å². The number of carboxylic acid groups (broad SMARTS) is 1. The Morgan fingerprint density at radius 3 is 1.71 bits per heavy atom. The van der Waals surface area contributed by atoms with Crippen LogP contribution in [-0.4, -0.2) is 41.1 Å². The van der Waals surface area contributed by atoms with E-state index in [0.29, 0.717) is 6.61 Å². The zero-order valence-corrected chi connectivity index (χ0v) is 18.9. The molecule has 0 aliphatic rings. The molecule has 0 bridgehead atoms. The average molecular weight is 463 g/mol. The fourth-order valence-electron chi connectivity index (χ4n) is 3.36. The molecule has 3 rings (SSSR count). The number of benzene rings is 3. The predicted octanol–water partition coefficient (Wildman–Crippen LogP) is 4.38. The topological polar surface area (TPSA) is 85.2 Å². The fourth-order valence-corrected chi connectivity index (χ4v) is 3.36. The molecule has 0 radical (unpaired) electrons. The number of aliphatic hydroxyl groups excluding tert-OH is 1. The zero-order valence-electron chi connectivity index (χ0n) is 18.9. The van der Waals surface area contributed by atoms with Gasteiger partial charge in [-0.15, -0.1) is 0 Å². The Hall–Kier alpha value is -3.29. The number of ether oxygens (including phenoxy) is 3. The summed E-state index contributed by atoms with van der Waals surface area (Å²) in [4.78, 5) is 11.2. The van der Waals surface area contributed by atoms with Crippen molar-refractivity contribution in [2.45, 2.75) is 38.1 Å². The van der Waals surface area contributed by atoms with Gasteiger partial charge in [-0.1, -0.05) is 91.0 Å². The van der Waals surface area contributed by atoms with E-state index in [9.17, 15) is 15.0 Å². The zero-order chi connectivity index (χ0) is 24.0. The molecule has 0 aliphatic heterocycles. The van der Waals surface area contributed by atoms with Crippen molar-refractivity contribution < 1.29 is 29.2 Å². The van der Waals surface area contributed by atoms with E-state index in [0.717, 1.165) is 22.8 Å². The quantitative estimate of drug-likeness (QED) is 0.346. The molecular formula is C28H30O6. The summed E-state index contributed by atoms with van der Waals surface area (Å²) in [5.74, 6) is -1.11. The van der Waals surface area contributed by atoms with Crippen molar-refractivity contribution in [3.63, 3.8) is 0 Å². The minimum absolute atomic E-state index is 0.000455. The highest BCUT2D eigenvalue weighted by molar-refractivity contribution is 5.79. The van der Waals surface area contributed by atoms with Crippen LogP contribution in [0.2, 0.25) is 0 Å². The molecule has 0 saturated heterocycles. The maximum absolute atomic E-state index is 11.2. The molecule has 0 spiro atoms. The number of carbonyl (C=O) groups is 1. The van der Waals surface area contributed by atoms with Crippen LogP contribution in [0.25, 0.3) is 0 Å². The van der Waals surface area contributed by atoms with Gasteiger partial charge in [0, 0.05) is 6.08 Å². The first kappa shape index (κ1) is 25.3. The van der Waals surface area contributed by atoms with Gasteiger partial charge in [0.2, 0.25) is 0 Å². The van der Waals surface area contributed by atoms with Gasteiger partial charge < -0.3 is 24.4 Å². The number of aliphatic hydroxyl groups is 1. The second-order valence-corrected chi connectivity index (χ2v) is 7.79. The monoisotopic (exact) mass is 462 g/mol. The Bertz CT molecular complexity index is 991. The Morgan fingerprint density at radius 1 is 0.735 bits per heavy atom. The van der Waals surface area contributed by atoms with E-state index in [2.05, 4.69) is 0 Å². The van der Waals surface area contributed by atoms with Crippen molar-refractivity contribution >= 4 is 5.97 Å². The van der Waals surface area contributed by atoms with Crippen LogP contribution in [0.15, 0.2) is 103 Å². The van der Waals surface area contributed by atoms with Gasteiger partial charge in [-0.05, 0) is 22.8 Å². The van der Waals surface area contributed by atoms with E-state index in [1.165, 1.54) is 6.08 Å². The Balaban J connectivity index is 1.72. The maximum atomic E-state index is 11.2.